The van der Waals surface area contributed by atoms with Gasteiger partial charge in [-0.2, -0.15) is 0 Å². The average Bonchev–Trinajstić information content (AvgIpc) is 3.42. The summed E-state index contributed by atoms with van der Waals surface area (Å²) in [4.78, 5) is 48.0. The highest BCUT2D eigenvalue weighted by Crippen LogP contribution is 2.48. The van der Waals surface area contributed by atoms with Crippen molar-refractivity contribution in [2.45, 2.75) is 41.3 Å². The number of carbonyl (C=O) groups excluding carboxylic acids is 3. The molecule has 10 heteroatoms. The molecule has 1 aliphatic carbocycles. The highest BCUT2D eigenvalue weighted by molar-refractivity contribution is 7.99. The fraction of sp³-hybridized carbons (Fsp3) is 0.241. The van der Waals surface area contributed by atoms with E-state index in [-0.39, 0.29) is 30.3 Å². The van der Waals surface area contributed by atoms with E-state index in [4.69, 9.17) is 4.74 Å². The number of nitrogens with one attached hydrogen (secondary N) is 2. The van der Waals surface area contributed by atoms with Crippen LogP contribution in [0.25, 0.3) is 10.1 Å². The lowest BCUT2D eigenvalue weighted by Crippen LogP contribution is -2.50. The summed E-state index contributed by atoms with van der Waals surface area (Å²) in [7, 11) is 0. The zero-order valence-electron chi connectivity index (χ0n) is 20.8. The fourth-order valence-corrected chi connectivity index (χ4v) is 7.29. The molecule has 2 N–H and O–H groups in total. The minimum Gasteiger partial charge on any atom is -0.455 e. The number of para-hydroxylation sites is 1. The van der Waals surface area contributed by atoms with E-state index >= 15 is 0 Å². The predicted molar refractivity (Wildman–Crippen MR) is 148 cm³/mol. The van der Waals surface area contributed by atoms with E-state index in [1.54, 1.807) is 46.3 Å². The SMILES string of the molecule is O=C(NCC(=O)N1C(C(=O)NCc2cc3cnccc3s2)CC2CC21)c1ccc2c(c1)Oc1ccccc1S2. The molecule has 0 bridgehead atoms. The van der Waals surface area contributed by atoms with Gasteiger partial charge < -0.3 is 20.3 Å². The van der Waals surface area contributed by atoms with Gasteiger partial charge in [0.25, 0.3) is 5.91 Å². The van der Waals surface area contributed by atoms with E-state index in [0.29, 0.717) is 30.2 Å². The summed E-state index contributed by atoms with van der Waals surface area (Å²) in [5.74, 6) is 0.982. The molecule has 196 valence electrons. The summed E-state index contributed by atoms with van der Waals surface area (Å²) in [6, 6.07) is 16.6. The van der Waals surface area contributed by atoms with Crippen LogP contribution in [0.1, 0.15) is 28.1 Å². The highest BCUT2D eigenvalue weighted by Gasteiger charge is 2.55. The minimum absolute atomic E-state index is 0.0785. The lowest BCUT2D eigenvalue weighted by molar-refractivity contribution is -0.139. The molecule has 1 saturated heterocycles. The summed E-state index contributed by atoms with van der Waals surface area (Å²) in [5, 5.41) is 6.80. The first kappa shape index (κ1) is 24.2. The monoisotopic (exact) mass is 556 g/mol. The first-order valence-electron chi connectivity index (χ1n) is 12.8. The van der Waals surface area contributed by atoms with Gasteiger partial charge in [0, 0.05) is 39.0 Å². The third-order valence-corrected chi connectivity index (χ3v) is 9.62. The number of fused-ring (bicyclic) bond motifs is 4. The lowest BCUT2D eigenvalue weighted by atomic mass is 10.1. The Morgan fingerprint density at radius 1 is 1.00 bits per heavy atom. The van der Waals surface area contributed by atoms with Gasteiger partial charge in [-0.1, -0.05) is 23.9 Å². The van der Waals surface area contributed by atoms with E-state index in [1.807, 2.05) is 48.7 Å². The van der Waals surface area contributed by atoms with Crippen molar-refractivity contribution in [3.05, 3.63) is 77.4 Å². The minimum atomic E-state index is -0.511. The van der Waals surface area contributed by atoms with Gasteiger partial charge in [0.15, 0.2) is 0 Å². The second-order valence-electron chi connectivity index (χ2n) is 9.95. The third-order valence-electron chi connectivity index (χ3n) is 7.39. The summed E-state index contributed by atoms with van der Waals surface area (Å²) in [6.07, 6.45) is 5.14. The largest absolute Gasteiger partial charge is 0.455 e. The van der Waals surface area contributed by atoms with E-state index in [9.17, 15) is 14.4 Å². The molecule has 2 aromatic heterocycles. The zero-order chi connectivity index (χ0) is 26.5. The number of aromatic nitrogens is 1. The van der Waals surface area contributed by atoms with Crippen LogP contribution >= 0.6 is 23.1 Å². The van der Waals surface area contributed by atoms with Gasteiger partial charge in [-0.3, -0.25) is 19.4 Å². The zero-order valence-corrected chi connectivity index (χ0v) is 22.4. The average molecular weight is 557 g/mol. The summed E-state index contributed by atoms with van der Waals surface area (Å²) >= 11 is 3.21. The summed E-state index contributed by atoms with van der Waals surface area (Å²) < 4.78 is 7.11. The number of likely N-dealkylation sites (tertiary alicyclic amines) is 1. The van der Waals surface area contributed by atoms with Crippen molar-refractivity contribution in [3.63, 3.8) is 0 Å². The number of amides is 3. The molecule has 1 saturated carbocycles. The Bertz CT molecular complexity index is 1600. The Balaban J connectivity index is 0.971. The molecule has 7 rings (SSSR count). The number of carbonyl (C=O) groups is 3. The summed E-state index contributed by atoms with van der Waals surface area (Å²) in [6.45, 7) is 0.247. The normalized spacial score (nSPS) is 20.4. The van der Waals surface area contributed by atoms with Crippen molar-refractivity contribution in [2.75, 3.05) is 6.54 Å². The van der Waals surface area contributed by atoms with Crippen molar-refractivity contribution in [1.82, 2.24) is 20.5 Å². The Kier molecular flexibility index (Phi) is 6.01. The maximum absolute atomic E-state index is 13.2. The van der Waals surface area contributed by atoms with Crippen LogP contribution in [0.4, 0.5) is 0 Å². The number of hydrogen-bond acceptors (Lipinski definition) is 7. The van der Waals surface area contributed by atoms with Crippen molar-refractivity contribution in [2.24, 2.45) is 5.92 Å². The number of ether oxygens (including phenoxy) is 1. The second kappa shape index (κ2) is 9.69. The van der Waals surface area contributed by atoms with Gasteiger partial charge in [0.2, 0.25) is 11.8 Å². The predicted octanol–water partition coefficient (Wildman–Crippen LogP) is 4.59. The Hall–Kier alpha value is -3.89. The third kappa shape index (κ3) is 4.63. The molecule has 3 amide bonds. The number of piperidine rings is 1. The number of benzene rings is 2. The molecule has 3 unspecified atom stereocenters. The fourth-order valence-electron chi connectivity index (χ4n) is 5.39. The van der Waals surface area contributed by atoms with Crippen LogP contribution in [0, 0.1) is 5.92 Å². The van der Waals surface area contributed by atoms with Crippen molar-refractivity contribution in [1.29, 1.82) is 0 Å². The van der Waals surface area contributed by atoms with Crippen LogP contribution in [0.2, 0.25) is 0 Å². The van der Waals surface area contributed by atoms with E-state index in [1.165, 1.54) is 0 Å². The molecule has 0 spiro atoms. The molecule has 2 aliphatic heterocycles. The Labute approximate surface area is 232 Å². The van der Waals surface area contributed by atoms with Gasteiger partial charge in [-0.25, -0.2) is 0 Å². The first-order valence-corrected chi connectivity index (χ1v) is 14.4. The Morgan fingerprint density at radius 3 is 2.77 bits per heavy atom. The second-order valence-corrected chi connectivity index (χ2v) is 12.2. The molecule has 39 heavy (non-hydrogen) atoms. The van der Waals surface area contributed by atoms with Crippen LogP contribution < -0.4 is 15.4 Å². The number of nitrogens with zero attached hydrogens (tertiary/aromatic N) is 2. The van der Waals surface area contributed by atoms with Crippen LogP contribution in [0.15, 0.2) is 76.8 Å². The topological polar surface area (TPSA) is 101 Å². The standard InChI is InChI=1S/C29H24N4O4S2/c34-27(15-32-28(35)16-5-6-26-23(12-16)37-22-3-1-2-4-25(22)39-26)33-20-10-17(20)11-21(33)29(36)31-14-19-9-18-13-30-8-7-24(18)38-19/h1-9,12-13,17,20-21H,10-11,14-15H2,(H,31,36)(H,32,35). The van der Waals surface area contributed by atoms with Crippen LogP contribution in [0.5, 0.6) is 11.5 Å². The molecule has 2 fully saturated rings. The van der Waals surface area contributed by atoms with Crippen LogP contribution in [0.3, 0.4) is 0 Å². The number of rotatable bonds is 6. The maximum atomic E-state index is 13.2. The molecule has 3 atom stereocenters. The van der Waals surface area contributed by atoms with E-state index in [2.05, 4.69) is 15.6 Å². The lowest BCUT2D eigenvalue weighted by Gasteiger charge is -2.27. The van der Waals surface area contributed by atoms with Crippen molar-refractivity contribution < 1.29 is 19.1 Å². The maximum Gasteiger partial charge on any atom is 0.251 e. The van der Waals surface area contributed by atoms with Gasteiger partial charge in [0.1, 0.15) is 17.5 Å². The van der Waals surface area contributed by atoms with Crippen molar-refractivity contribution in [3.8, 4) is 11.5 Å². The first-order chi connectivity index (χ1) is 19.0. The molecular formula is C29H24N4O4S2. The smallest absolute Gasteiger partial charge is 0.251 e. The number of pyridine rings is 1. The van der Waals surface area contributed by atoms with Gasteiger partial charge in [-0.05, 0) is 61.2 Å². The molecule has 0 radical (unpaired) electrons. The number of hydrogen-bond donors (Lipinski definition) is 2. The summed E-state index contributed by atoms with van der Waals surface area (Å²) in [5.41, 5.74) is 0.417. The molecule has 4 heterocycles. The van der Waals surface area contributed by atoms with Gasteiger partial charge in [-0.15, -0.1) is 11.3 Å². The van der Waals surface area contributed by atoms with Gasteiger partial charge in [0.05, 0.1) is 22.9 Å². The van der Waals surface area contributed by atoms with Gasteiger partial charge >= 0.3 is 0 Å². The van der Waals surface area contributed by atoms with Crippen LogP contribution in [-0.2, 0) is 16.1 Å². The van der Waals surface area contributed by atoms with Crippen LogP contribution in [-0.4, -0.2) is 46.2 Å². The molecular weight excluding hydrogens is 532 g/mol. The van der Waals surface area contributed by atoms with E-state index < -0.39 is 6.04 Å². The Morgan fingerprint density at radius 2 is 1.87 bits per heavy atom. The van der Waals surface area contributed by atoms with Crippen molar-refractivity contribution >= 4 is 50.9 Å². The molecule has 4 aromatic rings. The quantitative estimate of drug-likeness (QED) is 0.317. The molecule has 8 nitrogen and oxygen atoms in total. The highest BCUT2D eigenvalue weighted by atomic mass is 32.2. The van der Waals surface area contributed by atoms with E-state index in [0.717, 1.165) is 36.9 Å². The number of thiophene rings is 1. The molecule has 3 aliphatic rings. The molecule has 2 aromatic carbocycles.